The van der Waals surface area contributed by atoms with E-state index in [1.54, 1.807) is 23.0 Å². The minimum atomic E-state index is -0.310. The van der Waals surface area contributed by atoms with Crippen LogP contribution in [-0.4, -0.2) is 27.2 Å². The highest BCUT2D eigenvalue weighted by molar-refractivity contribution is 5.95. The molecular formula is C28H28FN5O. The van der Waals surface area contributed by atoms with Gasteiger partial charge in [-0.25, -0.2) is 14.1 Å². The Balaban J connectivity index is 1.26. The van der Waals surface area contributed by atoms with E-state index >= 15 is 0 Å². The highest BCUT2D eigenvalue weighted by Gasteiger charge is 2.21. The maximum Gasteiger partial charge on any atom is 0.255 e. The minimum absolute atomic E-state index is 0.0546. The molecule has 3 heterocycles. The van der Waals surface area contributed by atoms with Gasteiger partial charge in [0.05, 0.1) is 23.1 Å². The van der Waals surface area contributed by atoms with Crippen molar-refractivity contribution < 1.29 is 9.18 Å². The molecule has 0 atom stereocenters. The van der Waals surface area contributed by atoms with E-state index in [4.69, 9.17) is 0 Å². The lowest BCUT2D eigenvalue weighted by molar-refractivity contribution is 0.0949. The number of halogens is 1. The average molecular weight is 470 g/mol. The van der Waals surface area contributed by atoms with Crippen molar-refractivity contribution in [3.8, 4) is 5.69 Å². The SMILES string of the molecule is CC(C)c1c(C(=O)NCc2ccc(N3CCc4ccccc4C3)nc2)cnn1-c1ccc(F)cc1. The molecule has 0 aliphatic carbocycles. The Morgan fingerprint density at radius 1 is 1.03 bits per heavy atom. The Bertz CT molecular complexity index is 1330. The van der Waals surface area contributed by atoms with Crippen LogP contribution in [0, 0.1) is 5.82 Å². The van der Waals surface area contributed by atoms with Crippen LogP contribution in [0.5, 0.6) is 0 Å². The molecule has 0 spiro atoms. The molecule has 1 aliphatic heterocycles. The fourth-order valence-electron chi connectivity index (χ4n) is 4.55. The first kappa shape index (κ1) is 22.8. The molecule has 0 bridgehead atoms. The molecular weight excluding hydrogens is 441 g/mol. The number of carbonyl (C=O) groups excluding carboxylic acids is 1. The highest BCUT2D eigenvalue weighted by atomic mass is 19.1. The monoisotopic (exact) mass is 469 g/mol. The lowest BCUT2D eigenvalue weighted by atomic mass is 10.00. The molecule has 1 aliphatic rings. The normalized spacial score (nSPS) is 13.1. The van der Waals surface area contributed by atoms with Gasteiger partial charge >= 0.3 is 0 Å². The summed E-state index contributed by atoms with van der Waals surface area (Å²) >= 11 is 0. The number of carbonyl (C=O) groups is 1. The molecule has 7 heteroatoms. The van der Waals surface area contributed by atoms with Crippen LogP contribution in [0.1, 0.15) is 52.5 Å². The molecule has 1 N–H and O–H groups in total. The van der Waals surface area contributed by atoms with E-state index in [0.29, 0.717) is 17.8 Å². The molecule has 35 heavy (non-hydrogen) atoms. The lowest BCUT2D eigenvalue weighted by Crippen LogP contribution is -2.31. The summed E-state index contributed by atoms with van der Waals surface area (Å²) in [6.45, 7) is 6.19. The van der Waals surface area contributed by atoms with Gasteiger partial charge in [0.25, 0.3) is 5.91 Å². The van der Waals surface area contributed by atoms with Gasteiger partial charge in [-0.3, -0.25) is 4.79 Å². The predicted octanol–water partition coefficient (Wildman–Crippen LogP) is 5.02. The Hall–Kier alpha value is -4.00. The van der Waals surface area contributed by atoms with Crippen molar-refractivity contribution >= 4 is 11.7 Å². The summed E-state index contributed by atoms with van der Waals surface area (Å²) in [6, 6.07) is 18.7. The molecule has 178 valence electrons. The molecule has 2 aromatic heterocycles. The van der Waals surface area contributed by atoms with Crippen molar-refractivity contribution in [3.05, 3.63) is 107 Å². The Morgan fingerprint density at radius 3 is 2.51 bits per heavy atom. The van der Waals surface area contributed by atoms with Crippen molar-refractivity contribution in [1.82, 2.24) is 20.1 Å². The number of fused-ring (bicyclic) bond motifs is 1. The zero-order chi connectivity index (χ0) is 24.4. The van der Waals surface area contributed by atoms with Crippen molar-refractivity contribution in [1.29, 1.82) is 0 Å². The second kappa shape index (κ2) is 9.70. The maximum atomic E-state index is 13.3. The van der Waals surface area contributed by atoms with Gasteiger partial charge in [-0.1, -0.05) is 44.2 Å². The van der Waals surface area contributed by atoms with Gasteiger partial charge in [0.1, 0.15) is 11.6 Å². The first-order chi connectivity index (χ1) is 17.0. The van der Waals surface area contributed by atoms with Gasteiger partial charge in [0, 0.05) is 25.8 Å². The molecule has 1 amide bonds. The zero-order valence-corrected chi connectivity index (χ0v) is 19.9. The van der Waals surface area contributed by atoms with Crippen LogP contribution in [0.25, 0.3) is 5.69 Å². The number of hydrogen-bond donors (Lipinski definition) is 1. The van der Waals surface area contributed by atoms with Crippen molar-refractivity contribution in [3.63, 3.8) is 0 Å². The van der Waals surface area contributed by atoms with Crippen LogP contribution in [0.15, 0.2) is 73.1 Å². The minimum Gasteiger partial charge on any atom is -0.352 e. The highest BCUT2D eigenvalue weighted by Crippen LogP contribution is 2.24. The molecule has 4 aromatic rings. The molecule has 2 aromatic carbocycles. The van der Waals surface area contributed by atoms with Gasteiger partial charge in [-0.15, -0.1) is 0 Å². The number of amides is 1. The van der Waals surface area contributed by atoms with Crippen LogP contribution in [-0.2, 0) is 19.5 Å². The standard InChI is InChI=1S/C28H28FN5O/c1-19(2)27-25(17-32-34(27)24-10-8-23(29)9-11-24)28(35)31-16-20-7-12-26(30-15-20)33-14-13-21-5-3-4-6-22(21)18-33/h3-12,15,17,19H,13-14,16,18H2,1-2H3,(H,31,35). The average Bonchev–Trinajstić information content (AvgIpc) is 3.33. The first-order valence-electron chi connectivity index (χ1n) is 11.9. The lowest BCUT2D eigenvalue weighted by Gasteiger charge is -2.29. The number of anilines is 1. The summed E-state index contributed by atoms with van der Waals surface area (Å²) in [5.74, 6) is 0.490. The smallest absolute Gasteiger partial charge is 0.255 e. The predicted molar refractivity (Wildman–Crippen MR) is 134 cm³/mol. The van der Waals surface area contributed by atoms with Crippen LogP contribution in [0.4, 0.5) is 10.2 Å². The quantitative estimate of drug-likeness (QED) is 0.431. The fraction of sp³-hybridized carbons (Fsp3) is 0.250. The summed E-state index contributed by atoms with van der Waals surface area (Å²) in [6.07, 6.45) is 4.41. The van der Waals surface area contributed by atoms with Crippen molar-refractivity contribution in [2.24, 2.45) is 0 Å². The number of rotatable bonds is 6. The number of pyridine rings is 1. The van der Waals surface area contributed by atoms with E-state index in [-0.39, 0.29) is 17.6 Å². The van der Waals surface area contributed by atoms with E-state index in [9.17, 15) is 9.18 Å². The van der Waals surface area contributed by atoms with E-state index in [2.05, 4.69) is 44.6 Å². The van der Waals surface area contributed by atoms with E-state index < -0.39 is 0 Å². The number of hydrogen-bond acceptors (Lipinski definition) is 4. The van der Waals surface area contributed by atoms with Gasteiger partial charge in [-0.2, -0.15) is 5.10 Å². The third-order valence-corrected chi connectivity index (χ3v) is 6.39. The maximum absolute atomic E-state index is 13.3. The second-order valence-corrected chi connectivity index (χ2v) is 9.13. The first-order valence-corrected chi connectivity index (χ1v) is 11.9. The zero-order valence-electron chi connectivity index (χ0n) is 19.9. The second-order valence-electron chi connectivity index (χ2n) is 9.13. The summed E-state index contributed by atoms with van der Waals surface area (Å²) in [7, 11) is 0. The van der Waals surface area contributed by atoms with Crippen molar-refractivity contribution in [2.45, 2.75) is 39.3 Å². The Kier molecular flexibility index (Phi) is 6.31. The summed E-state index contributed by atoms with van der Waals surface area (Å²) in [4.78, 5) is 20.0. The third-order valence-electron chi connectivity index (χ3n) is 6.39. The van der Waals surface area contributed by atoms with E-state index in [1.165, 1.54) is 23.3 Å². The van der Waals surface area contributed by atoms with Crippen LogP contribution in [0.3, 0.4) is 0 Å². The van der Waals surface area contributed by atoms with Crippen LogP contribution >= 0.6 is 0 Å². The largest absolute Gasteiger partial charge is 0.352 e. The number of benzene rings is 2. The Labute approximate surface area is 204 Å². The number of nitrogens with one attached hydrogen (secondary N) is 1. The van der Waals surface area contributed by atoms with Crippen LogP contribution < -0.4 is 10.2 Å². The molecule has 6 nitrogen and oxygen atoms in total. The van der Waals surface area contributed by atoms with E-state index in [1.807, 2.05) is 32.2 Å². The molecule has 0 radical (unpaired) electrons. The topological polar surface area (TPSA) is 63.1 Å². The fourth-order valence-corrected chi connectivity index (χ4v) is 4.55. The van der Waals surface area contributed by atoms with Gasteiger partial charge in [0.15, 0.2) is 0 Å². The number of aromatic nitrogens is 3. The van der Waals surface area contributed by atoms with Gasteiger partial charge in [0.2, 0.25) is 0 Å². The summed E-state index contributed by atoms with van der Waals surface area (Å²) in [5.41, 5.74) is 5.70. The van der Waals surface area contributed by atoms with Crippen LogP contribution in [0.2, 0.25) is 0 Å². The van der Waals surface area contributed by atoms with E-state index in [0.717, 1.165) is 36.6 Å². The number of nitrogens with zero attached hydrogens (tertiary/aromatic N) is 4. The Morgan fingerprint density at radius 2 is 1.80 bits per heavy atom. The molecule has 0 saturated carbocycles. The third kappa shape index (κ3) is 4.80. The molecule has 0 saturated heterocycles. The summed E-state index contributed by atoms with van der Waals surface area (Å²) < 4.78 is 15.0. The molecule has 5 rings (SSSR count). The summed E-state index contributed by atoms with van der Waals surface area (Å²) in [5, 5.41) is 7.40. The molecule has 0 fully saturated rings. The van der Waals surface area contributed by atoms with Gasteiger partial charge < -0.3 is 10.2 Å². The van der Waals surface area contributed by atoms with Crippen molar-refractivity contribution in [2.75, 3.05) is 11.4 Å². The molecule has 0 unspecified atom stereocenters. The van der Waals surface area contributed by atoms with Gasteiger partial charge in [-0.05, 0) is 59.4 Å².